The number of fused-ring (bicyclic) bond motifs is 3. The van der Waals surface area contributed by atoms with Crippen molar-refractivity contribution in [3.05, 3.63) is 70.1 Å². The summed E-state index contributed by atoms with van der Waals surface area (Å²) in [5, 5.41) is 9.09. The summed E-state index contributed by atoms with van der Waals surface area (Å²) in [6.45, 7) is 2.80. The van der Waals surface area contributed by atoms with Gasteiger partial charge in [0.1, 0.15) is 5.75 Å². The molecule has 30 heavy (non-hydrogen) atoms. The third kappa shape index (κ3) is 4.07. The first-order chi connectivity index (χ1) is 14.6. The van der Waals surface area contributed by atoms with Crippen molar-refractivity contribution in [2.24, 2.45) is 0 Å². The minimum Gasteiger partial charge on any atom is -0.497 e. The molecule has 0 aliphatic rings. The van der Waals surface area contributed by atoms with E-state index in [1.54, 1.807) is 18.4 Å². The highest BCUT2D eigenvalue weighted by molar-refractivity contribution is 7.26. The van der Waals surface area contributed by atoms with E-state index in [0.29, 0.717) is 25.9 Å². The van der Waals surface area contributed by atoms with Crippen molar-refractivity contribution in [2.45, 2.75) is 32.9 Å². The Morgan fingerprint density at radius 2 is 1.93 bits per heavy atom. The summed E-state index contributed by atoms with van der Waals surface area (Å²) in [7, 11) is 1.62. The van der Waals surface area contributed by atoms with Crippen LogP contribution in [0.4, 0.5) is 0 Å². The summed E-state index contributed by atoms with van der Waals surface area (Å²) in [4.78, 5) is 25.2. The van der Waals surface area contributed by atoms with Gasteiger partial charge in [0.25, 0.3) is 5.56 Å². The van der Waals surface area contributed by atoms with E-state index < -0.39 is 0 Å². The average molecular weight is 422 g/mol. The van der Waals surface area contributed by atoms with Crippen LogP contribution in [0.25, 0.3) is 20.2 Å². The third-order valence-electron chi connectivity index (χ3n) is 5.07. The zero-order chi connectivity index (χ0) is 21.1. The highest BCUT2D eigenvalue weighted by Gasteiger charge is 2.14. The maximum atomic E-state index is 13.0. The van der Waals surface area contributed by atoms with Crippen molar-refractivity contribution in [2.75, 3.05) is 7.11 Å². The highest BCUT2D eigenvalue weighted by atomic mass is 32.1. The van der Waals surface area contributed by atoms with Gasteiger partial charge in [0.2, 0.25) is 5.91 Å². The molecule has 1 N–H and O–H groups in total. The highest BCUT2D eigenvalue weighted by Crippen LogP contribution is 2.32. The molecule has 6 nitrogen and oxygen atoms in total. The lowest BCUT2D eigenvalue weighted by molar-refractivity contribution is -0.121. The molecule has 0 bridgehead atoms. The van der Waals surface area contributed by atoms with Gasteiger partial charge in [-0.05, 0) is 37.1 Å². The van der Waals surface area contributed by atoms with Crippen molar-refractivity contribution in [3.63, 3.8) is 0 Å². The minimum absolute atomic E-state index is 0.0438. The van der Waals surface area contributed by atoms with Gasteiger partial charge in [-0.15, -0.1) is 11.3 Å². The van der Waals surface area contributed by atoms with Gasteiger partial charge in [-0.2, -0.15) is 5.10 Å². The fourth-order valence-corrected chi connectivity index (χ4v) is 4.62. The van der Waals surface area contributed by atoms with Crippen LogP contribution < -0.4 is 15.6 Å². The van der Waals surface area contributed by atoms with Gasteiger partial charge in [0.15, 0.2) is 0 Å². The number of aryl methyl sites for hydroxylation is 2. The number of nitrogens with one attached hydrogen (secondary N) is 1. The number of aromatic nitrogens is 2. The van der Waals surface area contributed by atoms with E-state index in [1.807, 2.05) is 55.5 Å². The molecule has 0 saturated carbocycles. The smallest absolute Gasteiger partial charge is 0.276 e. The van der Waals surface area contributed by atoms with E-state index >= 15 is 0 Å². The predicted molar refractivity (Wildman–Crippen MR) is 120 cm³/mol. The minimum atomic E-state index is -0.0910. The van der Waals surface area contributed by atoms with E-state index in [1.165, 1.54) is 4.68 Å². The van der Waals surface area contributed by atoms with Crippen LogP contribution in [0.2, 0.25) is 0 Å². The van der Waals surface area contributed by atoms with Crippen LogP contribution in [0, 0.1) is 6.92 Å². The largest absolute Gasteiger partial charge is 0.497 e. The molecule has 154 valence electrons. The van der Waals surface area contributed by atoms with Crippen molar-refractivity contribution in [1.29, 1.82) is 0 Å². The molecule has 0 aliphatic heterocycles. The van der Waals surface area contributed by atoms with Gasteiger partial charge in [0, 0.05) is 29.6 Å². The molecule has 0 spiro atoms. The Bertz CT molecular complexity index is 1260. The van der Waals surface area contributed by atoms with Gasteiger partial charge >= 0.3 is 0 Å². The number of hydrogen-bond acceptors (Lipinski definition) is 5. The number of hydrogen-bond donors (Lipinski definition) is 1. The molecular weight excluding hydrogens is 398 g/mol. The molecule has 7 heteroatoms. The van der Waals surface area contributed by atoms with Crippen LogP contribution in [0.1, 0.15) is 24.1 Å². The second-order valence-electron chi connectivity index (χ2n) is 7.14. The Kier molecular flexibility index (Phi) is 5.81. The van der Waals surface area contributed by atoms with Gasteiger partial charge < -0.3 is 10.1 Å². The van der Waals surface area contributed by atoms with Crippen molar-refractivity contribution in [3.8, 4) is 5.75 Å². The lowest BCUT2D eigenvalue weighted by Gasteiger charge is -2.08. The number of ether oxygens (including phenoxy) is 1. The Morgan fingerprint density at radius 3 is 2.70 bits per heavy atom. The molecule has 0 atom stereocenters. The SMILES string of the molecule is COc1ccc(CNC(=O)CCCn2nc(C)c3sc4ccccc4c3c2=O)cc1. The summed E-state index contributed by atoms with van der Waals surface area (Å²) in [6, 6.07) is 15.5. The summed E-state index contributed by atoms with van der Waals surface area (Å²) >= 11 is 1.60. The van der Waals surface area contributed by atoms with E-state index in [9.17, 15) is 9.59 Å². The zero-order valence-electron chi connectivity index (χ0n) is 17.0. The summed E-state index contributed by atoms with van der Waals surface area (Å²) in [6.07, 6.45) is 0.889. The van der Waals surface area contributed by atoms with Crippen LogP contribution in [-0.2, 0) is 17.9 Å². The van der Waals surface area contributed by atoms with Gasteiger partial charge in [0.05, 0.1) is 22.9 Å². The average Bonchev–Trinajstić information content (AvgIpc) is 3.16. The Morgan fingerprint density at radius 1 is 1.17 bits per heavy atom. The van der Waals surface area contributed by atoms with Gasteiger partial charge in [-0.3, -0.25) is 9.59 Å². The number of benzene rings is 2. The van der Waals surface area contributed by atoms with E-state index in [0.717, 1.165) is 37.2 Å². The molecule has 0 fully saturated rings. The number of methoxy groups -OCH3 is 1. The summed E-state index contributed by atoms with van der Waals surface area (Å²) in [5.74, 6) is 0.742. The lowest BCUT2D eigenvalue weighted by atomic mass is 10.2. The third-order valence-corrected chi connectivity index (χ3v) is 6.35. The van der Waals surface area contributed by atoms with E-state index in [2.05, 4.69) is 10.4 Å². The second kappa shape index (κ2) is 8.67. The Hall–Kier alpha value is -3.19. The molecule has 0 aliphatic carbocycles. The predicted octanol–water partition coefficient (Wildman–Crippen LogP) is 4.02. The van der Waals surface area contributed by atoms with Crippen LogP contribution in [0.15, 0.2) is 53.3 Å². The number of rotatable bonds is 7. The quantitative estimate of drug-likeness (QED) is 0.489. The Balaban J connectivity index is 1.39. The second-order valence-corrected chi connectivity index (χ2v) is 8.20. The fraction of sp³-hybridized carbons (Fsp3) is 0.261. The topological polar surface area (TPSA) is 73.2 Å². The molecule has 0 unspecified atom stereocenters. The Labute approximate surface area is 178 Å². The van der Waals surface area contributed by atoms with Crippen molar-refractivity contribution >= 4 is 37.4 Å². The van der Waals surface area contributed by atoms with Crippen LogP contribution in [-0.4, -0.2) is 22.8 Å². The van der Waals surface area contributed by atoms with Crippen LogP contribution in [0.3, 0.4) is 0 Å². The normalized spacial score (nSPS) is 11.1. The zero-order valence-corrected chi connectivity index (χ0v) is 17.8. The standard InChI is InChI=1S/C23H23N3O3S/c1-15-22-21(18-6-3-4-7-19(18)30-22)23(28)26(25-15)13-5-8-20(27)24-14-16-9-11-17(29-2)12-10-16/h3-4,6-7,9-12H,5,8,13-14H2,1-2H3,(H,24,27). The summed E-state index contributed by atoms with van der Waals surface area (Å²) < 4.78 is 8.65. The maximum absolute atomic E-state index is 13.0. The van der Waals surface area contributed by atoms with Crippen molar-refractivity contribution < 1.29 is 9.53 Å². The molecule has 2 aromatic heterocycles. The van der Waals surface area contributed by atoms with Crippen molar-refractivity contribution in [1.82, 2.24) is 15.1 Å². The molecule has 2 aromatic carbocycles. The monoisotopic (exact) mass is 421 g/mol. The number of thiophene rings is 1. The molecule has 0 radical (unpaired) electrons. The first-order valence-corrected chi connectivity index (χ1v) is 10.7. The summed E-state index contributed by atoms with van der Waals surface area (Å²) in [5.41, 5.74) is 1.76. The van der Waals surface area contributed by atoms with Crippen LogP contribution in [0.5, 0.6) is 5.75 Å². The van der Waals surface area contributed by atoms with Crippen LogP contribution >= 0.6 is 11.3 Å². The number of carbonyl (C=O) groups is 1. The first-order valence-electron chi connectivity index (χ1n) is 9.85. The molecular formula is C23H23N3O3S. The lowest BCUT2D eigenvalue weighted by Crippen LogP contribution is -2.26. The number of amides is 1. The molecule has 2 heterocycles. The van der Waals surface area contributed by atoms with E-state index in [-0.39, 0.29) is 11.5 Å². The number of carbonyl (C=O) groups excluding carboxylic acids is 1. The van der Waals surface area contributed by atoms with E-state index in [4.69, 9.17) is 4.74 Å². The molecule has 4 rings (SSSR count). The molecule has 0 saturated heterocycles. The first kappa shape index (κ1) is 20.1. The molecule has 1 amide bonds. The maximum Gasteiger partial charge on any atom is 0.276 e. The van der Waals surface area contributed by atoms with Gasteiger partial charge in [-0.25, -0.2) is 4.68 Å². The molecule has 4 aromatic rings. The number of nitrogens with zero attached hydrogens (tertiary/aromatic N) is 2. The fourth-order valence-electron chi connectivity index (χ4n) is 3.49. The van der Waals surface area contributed by atoms with Gasteiger partial charge in [-0.1, -0.05) is 30.3 Å².